The van der Waals surface area contributed by atoms with Crippen LogP contribution in [0.4, 0.5) is 0 Å². The molecule has 0 fully saturated rings. The number of alkyl halides is 1. The van der Waals surface area contributed by atoms with E-state index in [0.717, 1.165) is 18.0 Å². The van der Waals surface area contributed by atoms with E-state index in [2.05, 4.69) is 58.8 Å². The van der Waals surface area contributed by atoms with Crippen LogP contribution in [0.15, 0.2) is 65.7 Å². The van der Waals surface area contributed by atoms with Crippen molar-refractivity contribution in [2.24, 2.45) is 4.99 Å². The second-order valence-corrected chi connectivity index (χ2v) is 13.5. The molecule has 0 saturated heterocycles. The summed E-state index contributed by atoms with van der Waals surface area (Å²) in [4.78, 5) is 7.45. The van der Waals surface area contributed by atoms with Crippen LogP contribution in [0.1, 0.15) is 11.1 Å². The van der Waals surface area contributed by atoms with Crippen molar-refractivity contribution in [2.75, 3.05) is 59.2 Å². The standard InChI is InChI=1S/C28H40IN2O6S/c1-29-38-28-30-24(18-22-10-6-4-7-11-22)26(36-20-34-16-14-32-2)27(37-21-35-17-15-33-3)25(31-28)19-23-12-8-5-9-13-23/h4-13,24-27H,14-21H2,1-3H3,(H,30,31)/q-1/t24-,25-,26+,27+/m1/s1. The number of hydrogen-bond acceptors (Lipinski definition) is 9. The minimum absolute atomic E-state index is 0.0741. The molecular formula is C28H40IN2O6S-. The molecule has 212 valence electrons. The molecule has 1 heterocycles. The van der Waals surface area contributed by atoms with Crippen molar-refractivity contribution in [3.05, 3.63) is 71.8 Å². The summed E-state index contributed by atoms with van der Waals surface area (Å²) in [7, 11) is 5.12. The molecule has 1 N–H and O–H groups in total. The number of ether oxygens (including phenoxy) is 6. The fourth-order valence-electron chi connectivity index (χ4n) is 4.19. The Bertz CT molecular complexity index is 911. The zero-order valence-corrected chi connectivity index (χ0v) is 25.4. The molecule has 10 heteroatoms. The van der Waals surface area contributed by atoms with Gasteiger partial charge in [0.25, 0.3) is 0 Å². The molecule has 0 aliphatic carbocycles. The summed E-state index contributed by atoms with van der Waals surface area (Å²) in [5.74, 6) is 0. The number of halogens is 1. The molecule has 3 rings (SSSR count). The van der Waals surface area contributed by atoms with E-state index in [1.807, 2.05) is 21.1 Å². The van der Waals surface area contributed by atoms with Gasteiger partial charge in [0.1, 0.15) is 0 Å². The second-order valence-electron chi connectivity index (χ2n) is 8.66. The Kier molecular flexibility index (Phi) is 15.6. The SMILES string of the molecule is COCCOCO[C@@H]1[C@@H](OCOCCOC)[C@@H](Cc2ccccc2)NC(S[I-]C)=N[C@@H]1Cc1ccccc1. The van der Waals surface area contributed by atoms with E-state index in [4.69, 9.17) is 33.4 Å². The molecular weight excluding hydrogens is 619 g/mol. The number of methoxy groups -OCH3 is 2. The Morgan fingerprint density at radius 3 is 1.87 bits per heavy atom. The first-order chi connectivity index (χ1) is 18.7. The molecule has 2 aromatic rings. The van der Waals surface area contributed by atoms with E-state index in [9.17, 15) is 0 Å². The van der Waals surface area contributed by atoms with Crippen molar-refractivity contribution in [1.29, 1.82) is 0 Å². The van der Waals surface area contributed by atoms with Gasteiger partial charge in [-0.25, -0.2) is 0 Å². The van der Waals surface area contributed by atoms with Crippen LogP contribution in [0, 0.1) is 0 Å². The molecule has 0 bridgehead atoms. The van der Waals surface area contributed by atoms with E-state index in [1.54, 1.807) is 14.2 Å². The third-order valence-electron chi connectivity index (χ3n) is 5.98. The van der Waals surface area contributed by atoms with Crippen LogP contribution in [0.3, 0.4) is 0 Å². The molecule has 0 aromatic heterocycles. The maximum absolute atomic E-state index is 6.46. The van der Waals surface area contributed by atoms with Crippen molar-refractivity contribution >= 4 is 14.1 Å². The van der Waals surface area contributed by atoms with Crippen molar-refractivity contribution < 1.29 is 48.2 Å². The summed E-state index contributed by atoms with van der Waals surface area (Å²) in [6, 6.07) is 20.6. The molecule has 4 atom stereocenters. The third-order valence-corrected chi connectivity index (χ3v) is 9.08. The Morgan fingerprint density at radius 2 is 1.32 bits per heavy atom. The first-order valence-electron chi connectivity index (χ1n) is 12.7. The second kappa shape index (κ2) is 18.9. The molecule has 0 amide bonds. The topological polar surface area (TPSA) is 79.8 Å². The molecule has 2 aromatic carbocycles. The van der Waals surface area contributed by atoms with E-state index in [1.165, 1.54) is 11.1 Å². The zero-order chi connectivity index (χ0) is 26.8. The van der Waals surface area contributed by atoms with Crippen LogP contribution in [0.5, 0.6) is 0 Å². The summed E-state index contributed by atoms with van der Waals surface area (Å²) < 4.78 is 34.6. The molecule has 8 nitrogen and oxygen atoms in total. The Hall–Kier alpha value is -1.25. The molecule has 1 aliphatic rings. The number of hydrogen-bond donors (Lipinski definition) is 1. The molecule has 0 radical (unpaired) electrons. The Balaban J connectivity index is 1.90. The fraction of sp³-hybridized carbons (Fsp3) is 0.536. The number of nitrogens with zero attached hydrogens (tertiary/aromatic N) is 1. The number of amidine groups is 1. The Morgan fingerprint density at radius 1 is 0.763 bits per heavy atom. The van der Waals surface area contributed by atoms with Crippen molar-refractivity contribution in [1.82, 2.24) is 5.32 Å². The predicted octanol–water partition coefficient (Wildman–Crippen LogP) is 0.547. The van der Waals surface area contributed by atoms with Gasteiger partial charge < -0.3 is 0 Å². The quantitative estimate of drug-likeness (QED) is 0.114. The molecule has 1 aliphatic heterocycles. The summed E-state index contributed by atoms with van der Waals surface area (Å²) in [6.45, 7) is 2.18. The van der Waals surface area contributed by atoms with Gasteiger partial charge in [-0.3, -0.25) is 0 Å². The number of rotatable bonds is 17. The molecule has 0 spiro atoms. The van der Waals surface area contributed by atoms with Crippen LogP contribution in [0.25, 0.3) is 0 Å². The summed E-state index contributed by atoms with van der Waals surface area (Å²) in [5, 5.41) is 4.67. The molecule has 38 heavy (non-hydrogen) atoms. The van der Waals surface area contributed by atoms with Crippen LogP contribution in [-0.4, -0.2) is 88.6 Å². The average molecular weight is 660 g/mol. The van der Waals surface area contributed by atoms with Crippen molar-refractivity contribution in [2.45, 2.75) is 37.1 Å². The van der Waals surface area contributed by atoms with Crippen molar-refractivity contribution in [3.63, 3.8) is 0 Å². The van der Waals surface area contributed by atoms with Crippen molar-refractivity contribution in [3.8, 4) is 0 Å². The summed E-state index contributed by atoms with van der Waals surface area (Å²) in [5.41, 5.74) is 2.41. The van der Waals surface area contributed by atoms with Gasteiger partial charge in [0.05, 0.1) is 0 Å². The van der Waals surface area contributed by atoms with E-state index in [-0.39, 0.29) is 57.7 Å². The minimum atomic E-state index is -0.363. The van der Waals surface area contributed by atoms with Gasteiger partial charge in [-0.2, -0.15) is 0 Å². The van der Waals surface area contributed by atoms with Crippen LogP contribution < -0.4 is 25.1 Å². The summed E-state index contributed by atoms with van der Waals surface area (Å²) >= 11 is -0.0919. The zero-order valence-electron chi connectivity index (χ0n) is 22.4. The number of aliphatic imine (C=N–C) groups is 1. The summed E-state index contributed by atoms with van der Waals surface area (Å²) in [6.07, 6.45) is 0.778. The van der Waals surface area contributed by atoms with Gasteiger partial charge in [-0.1, -0.05) is 0 Å². The van der Waals surface area contributed by atoms with Gasteiger partial charge in [0.2, 0.25) is 0 Å². The van der Waals surface area contributed by atoms with Gasteiger partial charge in [-0.15, -0.1) is 0 Å². The predicted molar refractivity (Wildman–Crippen MR) is 147 cm³/mol. The molecule has 0 saturated carbocycles. The normalized spacial score (nSPS) is 21.6. The van der Waals surface area contributed by atoms with E-state index >= 15 is 0 Å². The fourth-order valence-corrected chi connectivity index (χ4v) is 6.68. The average Bonchev–Trinajstić information content (AvgIpc) is 3.06. The number of nitrogens with one attached hydrogen (secondary N) is 1. The number of benzene rings is 2. The molecule has 0 unspecified atom stereocenters. The van der Waals surface area contributed by atoms with Gasteiger partial charge in [0.15, 0.2) is 0 Å². The first kappa shape index (κ1) is 31.3. The van der Waals surface area contributed by atoms with Gasteiger partial charge in [-0.05, 0) is 0 Å². The maximum atomic E-state index is 6.46. The van der Waals surface area contributed by atoms with Gasteiger partial charge in [0, 0.05) is 0 Å². The van der Waals surface area contributed by atoms with E-state index < -0.39 is 0 Å². The first-order valence-corrected chi connectivity index (χ1v) is 18.2. The van der Waals surface area contributed by atoms with Crippen LogP contribution >= 0.6 is 8.93 Å². The Labute approximate surface area is 239 Å². The van der Waals surface area contributed by atoms with E-state index in [0.29, 0.717) is 26.4 Å². The third kappa shape index (κ3) is 11.1. The van der Waals surface area contributed by atoms with Gasteiger partial charge >= 0.3 is 241 Å². The monoisotopic (exact) mass is 659 g/mol. The van der Waals surface area contributed by atoms with Crippen LogP contribution in [-0.2, 0) is 41.3 Å². The van der Waals surface area contributed by atoms with Crippen LogP contribution in [0.2, 0.25) is 0 Å².